The third-order valence-electron chi connectivity index (χ3n) is 4.60. The van der Waals surface area contributed by atoms with Crippen LogP contribution in [0.3, 0.4) is 0 Å². The molecule has 2 aromatic rings. The minimum atomic E-state index is -0.145. The molecule has 2 aliphatic heterocycles. The Hall–Kier alpha value is -2.60. The number of anilines is 2. The fraction of sp³-hybridized carbons (Fsp3) is 0.238. The second kappa shape index (κ2) is 7.19. The van der Waals surface area contributed by atoms with E-state index < -0.39 is 0 Å². The summed E-state index contributed by atoms with van der Waals surface area (Å²) in [6.45, 7) is 4.84. The Morgan fingerprint density at radius 2 is 1.85 bits per heavy atom. The number of para-hydroxylation sites is 1. The summed E-state index contributed by atoms with van der Waals surface area (Å²) in [6, 6.07) is 13.6. The van der Waals surface area contributed by atoms with Crippen molar-refractivity contribution in [3.8, 4) is 0 Å². The van der Waals surface area contributed by atoms with Crippen LogP contribution in [0.2, 0.25) is 0 Å². The molecule has 6 heteroatoms. The molecule has 0 bridgehead atoms. The molecule has 4 rings (SSSR count). The van der Waals surface area contributed by atoms with Gasteiger partial charge in [0.1, 0.15) is 12.3 Å². The number of fused-ring (bicyclic) bond motifs is 2. The average molecular weight is 426 g/mol. The smallest absolute Gasteiger partial charge is 0.258 e. The molecule has 0 spiro atoms. The van der Waals surface area contributed by atoms with Gasteiger partial charge in [-0.15, -0.1) is 0 Å². The zero-order chi connectivity index (χ0) is 19.0. The monoisotopic (exact) mass is 425 g/mol. The maximum atomic E-state index is 12.7. The number of carbonyl (C=O) groups excluding carboxylic acids is 1. The van der Waals surface area contributed by atoms with Gasteiger partial charge in [-0.3, -0.25) is 4.79 Å². The fourth-order valence-electron chi connectivity index (χ4n) is 3.19. The van der Waals surface area contributed by atoms with Gasteiger partial charge in [0, 0.05) is 27.0 Å². The summed E-state index contributed by atoms with van der Waals surface area (Å²) in [5.41, 5.74) is 5.41. The Bertz CT molecular complexity index is 979. The predicted octanol–water partition coefficient (Wildman–Crippen LogP) is 5.00. The van der Waals surface area contributed by atoms with E-state index in [1.807, 2.05) is 42.5 Å². The normalized spacial score (nSPS) is 19.1. The number of halogens is 1. The minimum Gasteiger partial charge on any atom is -0.395 e. The van der Waals surface area contributed by atoms with E-state index in [1.54, 1.807) is 0 Å². The molecule has 0 unspecified atom stereocenters. The minimum absolute atomic E-state index is 0.145. The summed E-state index contributed by atoms with van der Waals surface area (Å²) in [5, 5.41) is 10.7. The van der Waals surface area contributed by atoms with Gasteiger partial charge in [0.25, 0.3) is 5.91 Å². The molecule has 0 radical (unpaired) electrons. The number of amides is 1. The van der Waals surface area contributed by atoms with Crippen LogP contribution in [-0.2, 0) is 9.63 Å². The van der Waals surface area contributed by atoms with Crippen LogP contribution in [0.1, 0.15) is 31.4 Å². The number of nitrogens with one attached hydrogen (secondary N) is 2. The molecule has 0 fully saturated rings. The molecule has 2 N–H and O–H groups in total. The van der Waals surface area contributed by atoms with Crippen LogP contribution >= 0.6 is 15.9 Å². The summed E-state index contributed by atoms with van der Waals surface area (Å²) in [5.74, 6) is 0.398. The first kappa shape index (κ1) is 17.8. The molecule has 138 valence electrons. The van der Waals surface area contributed by atoms with Crippen LogP contribution in [0.25, 0.3) is 5.57 Å². The molecule has 0 aliphatic carbocycles. The van der Waals surface area contributed by atoms with Gasteiger partial charge >= 0.3 is 0 Å². The summed E-state index contributed by atoms with van der Waals surface area (Å²) >= 11 is 3.49. The van der Waals surface area contributed by atoms with E-state index in [1.165, 1.54) is 0 Å². The first-order valence-corrected chi connectivity index (χ1v) is 9.76. The summed E-state index contributed by atoms with van der Waals surface area (Å²) in [6.07, 6.45) is 0.925. The van der Waals surface area contributed by atoms with E-state index in [9.17, 15) is 4.79 Å². The van der Waals surface area contributed by atoms with E-state index in [4.69, 9.17) is 4.84 Å². The van der Waals surface area contributed by atoms with E-state index in [0.717, 1.165) is 33.4 Å². The molecule has 27 heavy (non-hydrogen) atoms. The number of hydrogen-bond donors (Lipinski definition) is 2. The number of oxime groups is 1. The number of hydrogen-bond acceptors (Lipinski definition) is 4. The lowest BCUT2D eigenvalue weighted by atomic mass is 10.0. The van der Waals surface area contributed by atoms with Crippen molar-refractivity contribution in [2.24, 2.45) is 11.1 Å². The van der Waals surface area contributed by atoms with Crippen LogP contribution in [0.4, 0.5) is 11.4 Å². The lowest BCUT2D eigenvalue weighted by Gasteiger charge is -2.07. The fourth-order valence-corrected chi connectivity index (χ4v) is 3.55. The largest absolute Gasteiger partial charge is 0.395 e. The highest BCUT2D eigenvalue weighted by molar-refractivity contribution is 9.10. The molecule has 2 aromatic carbocycles. The summed E-state index contributed by atoms with van der Waals surface area (Å²) in [4.78, 5) is 18.3. The van der Waals surface area contributed by atoms with E-state index in [0.29, 0.717) is 29.5 Å². The number of rotatable bonds is 4. The van der Waals surface area contributed by atoms with Gasteiger partial charge in [0.15, 0.2) is 0 Å². The first-order chi connectivity index (χ1) is 13.0. The Labute approximate surface area is 166 Å². The van der Waals surface area contributed by atoms with Crippen LogP contribution in [0.5, 0.6) is 0 Å². The first-order valence-electron chi connectivity index (χ1n) is 8.97. The zero-order valence-corrected chi connectivity index (χ0v) is 16.8. The number of allylic oxidation sites excluding steroid dienone is 1. The molecule has 0 saturated heterocycles. The Morgan fingerprint density at radius 1 is 1.07 bits per heavy atom. The molecule has 1 amide bonds. The van der Waals surface area contributed by atoms with Crippen molar-refractivity contribution in [2.45, 2.75) is 20.3 Å². The molecule has 0 aromatic heterocycles. The Balaban J connectivity index is 1.80. The predicted molar refractivity (Wildman–Crippen MR) is 112 cm³/mol. The van der Waals surface area contributed by atoms with Gasteiger partial charge in [0.05, 0.1) is 11.3 Å². The van der Waals surface area contributed by atoms with Gasteiger partial charge in [0.2, 0.25) is 0 Å². The van der Waals surface area contributed by atoms with Crippen molar-refractivity contribution in [1.82, 2.24) is 0 Å². The summed E-state index contributed by atoms with van der Waals surface area (Å²) < 4.78 is 0.915. The molecule has 0 atom stereocenters. The van der Waals surface area contributed by atoms with Crippen LogP contribution in [0, 0.1) is 5.92 Å². The third kappa shape index (κ3) is 3.37. The highest BCUT2D eigenvalue weighted by atomic mass is 79.9. The number of benzene rings is 2. The molecular weight excluding hydrogens is 406 g/mol. The Kier molecular flexibility index (Phi) is 4.74. The van der Waals surface area contributed by atoms with E-state index >= 15 is 0 Å². The maximum absolute atomic E-state index is 12.7. The van der Waals surface area contributed by atoms with Crippen molar-refractivity contribution >= 4 is 44.5 Å². The van der Waals surface area contributed by atoms with Crippen molar-refractivity contribution in [1.29, 1.82) is 0 Å². The average Bonchev–Trinajstić information content (AvgIpc) is 3.14. The molecule has 0 saturated carbocycles. The van der Waals surface area contributed by atoms with E-state index in [-0.39, 0.29) is 5.91 Å². The quantitative estimate of drug-likeness (QED) is 0.411. The molecule has 2 aliphatic rings. The molecule has 2 heterocycles. The second-order valence-electron chi connectivity index (χ2n) is 7.02. The molecule has 5 nitrogen and oxygen atoms in total. The highest BCUT2D eigenvalue weighted by Gasteiger charge is 2.34. The highest BCUT2D eigenvalue weighted by Crippen LogP contribution is 2.40. The van der Waals surface area contributed by atoms with Crippen LogP contribution in [-0.4, -0.2) is 18.2 Å². The van der Waals surface area contributed by atoms with Gasteiger partial charge in [-0.25, -0.2) is 0 Å². The van der Waals surface area contributed by atoms with Gasteiger partial charge < -0.3 is 15.5 Å². The van der Waals surface area contributed by atoms with Crippen LogP contribution < -0.4 is 10.6 Å². The van der Waals surface area contributed by atoms with Crippen molar-refractivity contribution in [2.75, 3.05) is 17.2 Å². The van der Waals surface area contributed by atoms with Gasteiger partial charge in [-0.1, -0.05) is 53.1 Å². The maximum Gasteiger partial charge on any atom is 0.258 e. The van der Waals surface area contributed by atoms with Crippen LogP contribution in [0.15, 0.2) is 57.8 Å². The zero-order valence-electron chi connectivity index (χ0n) is 15.2. The molecular formula is C21H20BrN3O2. The topological polar surface area (TPSA) is 62.7 Å². The second-order valence-corrected chi connectivity index (χ2v) is 7.94. The van der Waals surface area contributed by atoms with Gasteiger partial charge in [-0.2, -0.15) is 0 Å². The van der Waals surface area contributed by atoms with Crippen molar-refractivity contribution in [3.05, 3.63) is 63.8 Å². The lowest BCUT2D eigenvalue weighted by Crippen LogP contribution is -2.13. The van der Waals surface area contributed by atoms with Crippen molar-refractivity contribution < 1.29 is 9.63 Å². The lowest BCUT2D eigenvalue weighted by molar-refractivity contribution is -0.110. The number of nitrogens with zero attached hydrogens (tertiary/aromatic N) is 1. The van der Waals surface area contributed by atoms with E-state index in [2.05, 4.69) is 45.6 Å². The summed E-state index contributed by atoms with van der Waals surface area (Å²) in [7, 11) is 0. The standard InChI is InChI=1S/C21H20BrN3O2/c1-12(2)9-10-27-25-19-14-5-3-4-6-16(14)23-20(19)18-15-11-13(22)7-8-17(15)24-21(18)26/h3-8,11-12,23H,9-10H2,1-2H3,(H,24,26)/b20-18-,25-19+. The number of carbonyl (C=O) groups is 1. The van der Waals surface area contributed by atoms with Gasteiger partial charge in [-0.05, 0) is 36.6 Å². The Morgan fingerprint density at radius 3 is 2.67 bits per heavy atom. The van der Waals surface area contributed by atoms with Crippen molar-refractivity contribution in [3.63, 3.8) is 0 Å². The SMILES string of the molecule is CC(C)CCO/N=C1/C(=C2/C(=O)Nc3ccc(Br)cc32)Nc2ccccc21. The third-order valence-corrected chi connectivity index (χ3v) is 5.09.